The van der Waals surface area contributed by atoms with Gasteiger partial charge in [-0.15, -0.1) is 0 Å². The summed E-state index contributed by atoms with van der Waals surface area (Å²) in [6.45, 7) is 2.43. The number of rotatable bonds is 5. The van der Waals surface area contributed by atoms with Gasteiger partial charge in [-0.1, -0.05) is 30.3 Å². The smallest absolute Gasteiger partial charge is 0.140 e. The molecule has 4 rings (SSSR count). The molecule has 2 fully saturated rings. The van der Waals surface area contributed by atoms with E-state index in [0.29, 0.717) is 24.3 Å². The van der Waals surface area contributed by atoms with E-state index in [2.05, 4.69) is 40.2 Å². The molecule has 130 valence electrons. The molecule has 1 aromatic carbocycles. The number of hydrogen-bond donors (Lipinski definition) is 0. The van der Waals surface area contributed by atoms with Crippen LogP contribution in [0.15, 0.2) is 54.9 Å². The molecule has 3 heterocycles. The minimum absolute atomic E-state index is 0.152. The van der Waals surface area contributed by atoms with Crippen LogP contribution >= 0.6 is 0 Å². The first-order valence-corrected chi connectivity index (χ1v) is 9.08. The predicted molar refractivity (Wildman–Crippen MR) is 96.1 cm³/mol. The standard InChI is InChI=1S/C21H24N2O2/c24-21(10-16-6-8-22-9-7-16)18-11-19-14-25-15-20(12-18)23(19)13-17-4-2-1-3-5-17/h1-9,18-20H,10-15H2. The zero-order valence-corrected chi connectivity index (χ0v) is 14.4. The highest BCUT2D eigenvalue weighted by Gasteiger charge is 2.40. The molecular formula is C21H24N2O2. The Morgan fingerprint density at radius 2 is 1.68 bits per heavy atom. The average Bonchev–Trinajstić information content (AvgIpc) is 2.63. The van der Waals surface area contributed by atoms with E-state index in [4.69, 9.17) is 4.74 Å². The van der Waals surface area contributed by atoms with Crippen molar-refractivity contribution in [3.63, 3.8) is 0 Å². The number of ether oxygens (including phenoxy) is 1. The quantitative estimate of drug-likeness (QED) is 0.842. The number of hydrogen-bond acceptors (Lipinski definition) is 4. The Balaban J connectivity index is 1.43. The lowest BCUT2D eigenvalue weighted by Crippen LogP contribution is -2.57. The van der Waals surface area contributed by atoms with Crippen molar-refractivity contribution in [2.75, 3.05) is 13.2 Å². The number of fused-ring (bicyclic) bond motifs is 2. The monoisotopic (exact) mass is 336 g/mol. The Bertz CT molecular complexity index is 690. The van der Waals surface area contributed by atoms with Gasteiger partial charge in [0.1, 0.15) is 5.78 Å². The minimum Gasteiger partial charge on any atom is -0.378 e. The fraction of sp³-hybridized carbons (Fsp3) is 0.429. The first kappa shape index (κ1) is 16.4. The number of benzene rings is 1. The molecular weight excluding hydrogens is 312 g/mol. The number of nitrogens with zero attached hydrogens (tertiary/aromatic N) is 2. The van der Waals surface area contributed by atoms with Crippen molar-refractivity contribution in [2.24, 2.45) is 5.92 Å². The van der Waals surface area contributed by atoms with Crippen LogP contribution in [-0.4, -0.2) is 41.0 Å². The summed E-state index contributed by atoms with van der Waals surface area (Å²) in [4.78, 5) is 19.4. The number of ketones is 1. The topological polar surface area (TPSA) is 42.4 Å². The average molecular weight is 336 g/mol. The lowest BCUT2D eigenvalue weighted by molar-refractivity contribution is -0.133. The van der Waals surface area contributed by atoms with Gasteiger partial charge in [0.05, 0.1) is 13.2 Å². The van der Waals surface area contributed by atoms with Crippen LogP contribution in [0.2, 0.25) is 0 Å². The number of carbonyl (C=O) groups is 1. The highest BCUT2D eigenvalue weighted by Crippen LogP contribution is 2.33. The number of Topliss-reactive ketones (excluding diaryl/α,β-unsaturated/α-hetero) is 1. The van der Waals surface area contributed by atoms with Gasteiger partial charge < -0.3 is 4.74 Å². The summed E-state index contributed by atoms with van der Waals surface area (Å²) in [5, 5.41) is 0. The second-order valence-electron chi connectivity index (χ2n) is 7.17. The number of carbonyl (C=O) groups excluding carboxylic acids is 1. The molecule has 2 bridgehead atoms. The van der Waals surface area contributed by atoms with Crippen LogP contribution in [0.4, 0.5) is 0 Å². The molecule has 4 nitrogen and oxygen atoms in total. The molecule has 1 aromatic heterocycles. The summed E-state index contributed by atoms with van der Waals surface area (Å²) < 4.78 is 5.79. The fourth-order valence-corrected chi connectivity index (χ4v) is 4.15. The number of aromatic nitrogens is 1. The van der Waals surface area contributed by atoms with E-state index >= 15 is 0 Å². The summed E-state index contributed by atoms with van der Waals surface area (Å²) in [6.07, 6.45) is 5.86. The molecule has 0 aliphatic carbocycles. The SMILES string of the molecule is O=C(Cc1ccncc1)C1CC2COCC(C1)N2Cc1ccccc1. The van der Waals surface area contributed by atoms with Crippen molar-refractivity contribution in [1.82, 2.24) is 9.88 Å². The van der Waals surface area contributed by atoms with Gasteiger partial charge >= 0.3 is 0 Å². The summed E-state index contributed by atoms with van der Waals surface area (Å²) in [5.41, 5.74) is 2.40. The van der Waals surface area contributed by atoms with Gasteiger partial charge in [-0.2, -0.15) is 0 Å². The van der Waals surface area contributed by atoms with Crippen LogP contribution in [0.5, 0.6) is 0 Å². The molecule has 0 N–H and O–H groups in total. The first-order valence-electron chi connectivity index (χ1n) is 9.08. The third-order valence-electron chi connectivity index (χ3n) is 5.46. The molecule has 2 unspecified atom stereocenters. The van der Waals surface area contributed by atoms with Crippen LogP contribution in [-0.2, 0) is 22.5 Å². The Morgan fingerprint density at radius 1 is 1.00 bits per heavy atom. The van der Waals surface area contributed by atoms with Crippen molar-refractivity contribution >= 4 is 5.78 Å². The van der Waals surface area contributed by atoms with E-state index in [1.165, 1.54) is 5.56 Å². The molecule has 2 saturated heterocycles. The Kier molecular flexibility index (Phi) is 4.90. The zero-order valence-electron chi connectivity index (χ0n) is 14.4. The van der Waals surface area contributed by atoms with Crippen LogP contribution < -0.4 is 0 Å². The predicted octanol–water partition coefficient (Wildman–Crippen LogP) is 2.87. The third kappa shape index (κ3) is 3.80. The Labute approximate surface area is 148 Å². The maximum atomic E-state index is 12.8. The van der Waals surface area contributed by atoms with Gasteiger partial charge in [-0.3, -0.25) is 14.7 Å². The molecule has 4 heteroatoms. The molecule has 2 aromatic rings. The van der Waals surface area contributed by atoms with Crippen molar-refractivity contribution in [2.45, 2.75) is 37.9 Å². The fourth-order valence-electron chi connectivity index (χ4n) is 4.15. The number of pyridine rings is 1. The van der Waals surface area contributed by atoms with E-state index in [1.54, 1.807) is 12.4 Å². The van der Waals surface area contributed by atoms with Crippen molar-refractivity contribution in [3.05, 3.63) is 66.0 Å². The maximum absolute atomic E-state index is 12.8. The van der Waals surface area contributed by atoms with Crippen molar-refractivity contribution in [1.29, 1.82) is 0 Å². The first-order chi connectivity index (χ1) is 12.3. The van der Waals surface area contributed by atoms with Crippen molar-refractivity contribution < 1.29 is 9.53 Å². The van der Waals surface area contributed by atoms with Crippen LogP contribution in [0.3, 0.4) is 0 Å². The van der Waals surface area contributed by atoms with Gasteiger partial charge in [-0.25, -0.2) is 0 Å². The Hall–Kier alpha value is -2.04. The van der Waals surface area contributed by atoms with Gasteiger partial charge in [0.25, 0.3) is 0 Å². The molecule has 2 atom stereocenters. The molecule has 0 radical (unpaired) electrons. The van der Waals surface area contributed by atoms with Crippen molar-refractivity contribution in [3.8, 4) is 0 Å². The molecule has 25 heavy (non-hydrogen) atoms. The summed E-state index contributed by atoms with van der Waals surface area (Å²) >= 11 is 0. The largest absolute Gasteiger partial charge is 0.378 e. The van der Waals surface area contributed by atoms with Crippen LogP contribution in [0.1, 0.15) is 24.0 Å². The van der Waals surface area contributed by atoms with E-state index in [0.717, 1.165) is 38.2 Å². The van der Waals surface area contributed by atoms with Gasteiger partial charge in [0.15, 0.2) is 0 Å². The van der Waals surface area contributed by atoms with Gasteiger partial charge in [0.2, 0.25) is 0 Å². The lowest BCUT2D eigenvalue weighted by atomic mass is 9.81. The van der Waals surface area contributed by atoms with Gasteiger partial charge in [-0.05, 0) is 36.1 Å². The van der Waals surface area contributed by atoms with E-state index in [9.17, 15) is 4.79 Å². The molecule has 0 amide bonds. The lowest BCUT2D eigenvalue weighted by Gasteiger charge is -2.48. The van der Waals surface area contributed by atoms with E-state index in [1.807, 2.05) is 12.1 Å². The summed E-state index contributed by atoms with van der Waals surface area (Å²) in [7, 11) is 0. The van der Waals surface area contributed by atoms with E-state index < -0.39 is 0 Å². The second kappa shape index (κ2) is 7.46. The minimum atomic E-state index is 0.152. The van der Waals surface area contributed by atoms with Crippen LogP contribution in [0.25, 0.3) is 0 Å². The summed E-state index contributed by atoms with van der Waals surface area (Å²) in [5.74, 6) is 0.515. The normalized spacial score (nSPS) is 26.3. The summed E-state index contributed by atoms with van der Waals surface area (Å²) in [6, 6.07) is 15.2. The highest BCUT2D eigenvalue weighted by molar-refractivity contribution is 5.83. The highest BCUT2D eigenvalue weighted by atomic mass is 16.5. The molecule has 0 spiro atoms. The Morgan fingerprint density at radius 3 is 2.36 bits per heavy atom. The van der Waals surface area contributed by atoms with Gasteiger partial charge in [0, 0.05) is 43.4 Å². The second-order valence-corrected chi connectivity index (χ2v) is 7.17. The molecule has 2 aliphatic heterocycles. The third-order valence-corrected chi connectivity index (χ3v) is 5.46. The number of piperidine rings is 1. The van der Waals surface area contributed by atoms with E-state index in [-0.39, 0.29) is 5.92 Å². The number of morpholine rings is 1. The van der Waals surface area contributed by atoms with Crippen LogP contribution in [0, 0.1) is 5.92 Å². The maximum Gasteiger partial charge on any atom is 0.140 e. The molecule has 0 saturated carbocycles. The molecule has 2 aliphatic rings. The zero-order chi connectivity index (χ0) is 17.1.